The predicted octanol–water partition coefficient (Wildman–Crippen LogP) is 2.78. The molecule has 0 radical (unpaired) electrons. The molecule has 0 spiro atoms. The first-order chi connectivity index (χ1) is 12.1. The average Bonchev–Trinajstić information content (AvgIpc) is 2.94. The predicted molar refractivity (Wildman–Crippen MR) is 91.6 cm³/mol. The number of aromatic nitrogens is 3. The Kier molecular flexibility index (Phi) is 3.42. The molecule has 25 heavy (non-hydrogen) atoms. The summed E-state index contributed by atoms with van der Waals surface area (Å²) in [6.45, 7) is 0.254. The number of ether oxygens (including phenoxy) is 1. The van der Waals surface area contributed by atoms with Crippen LogP contribution in [0.4, 0.5) is 4.39 Å². The second-order valence-corrected chi connectivity index (χ2v) is 5.67. The second-order valence-electron chi connectivity index (χ2n) is 5.67. The van der Waals surface area contributed by atoms with Gasteiger partial charge in [0.1, 0.15) is 16.9 Å². The molecule has 7 heteroatoms. The lowest BCUT2D eigenvalue weighted by atomic mass is 10.1. The number of aromatic amines is 1. The summed E-state index contributed by atoms with van der Waals surface area (Å²) in [5, 5.41) is 11.2. The minimum Gasteiger partial charge on any atom is -0.505 e. The lowest BCUT2D eigenvalue weighted by molar-refractivity contribution is 0.422. The van der Waals surface area contributed by atoms with Crippen LogP contribution in [0.3, 0.4) is 0 Å². The Morgan fingerprint density at radius 2 is 2.08 bits per heavy atom. The van der Waals surface area contributed by atoms with E-state index < -0.39 is 0 Å². The molecule has 0 saturated carbocycles. The van der Waals surface area contributed by atoms with E-state index in [4.69, 9.17) is 4.74 Å². The van der Waals surface area contributed by atoms with Crippen molar-refractivity contribution < 1.29 is 14.2 Å². The molecular formula is C18H14FN3O3. The van der Waals surface area contributed by atoms with Crippen LogP contribution >= 0.6 is 0 Å². The zero-order valence-corrected chi connectivity index (χ0v) is 13.3. The highest BCUT2D eigenvalue weighted by Crippen LogP contribution is 2.38. The number of halogens is 1. The topological polar surface area (TPSA) is 80.1 Å². The molecular weight excluding hydrogens is 325 g/mol. The van der Waals surface area contributed by atoms with E-state index in [0.29, 0.717) is 16.7 Å². The van der Waals surface area contributed by atoms with Crippen LogP contribution in [0.1, 0.15) is 5.56 Å². The number of hydrogen-bond acceptors (Lipinski definition) is 4. The monoisotopic (exact) mass is 339 g/mol. The van der Waals surface area contributed by atoms with Crippen molar-refractivity contribution in [1.82, 2.24) is 14.5 Å². The number of nitrogens with one attached hydrogen (secondary N) is 1. The van der Waals surface area contributed by atoms with E-state index >= 15 is 0 Å². The van der Waals surface area contributed by atoms with Gasteiger partial charge < -0.3 is 19.4 Å². The number of fused-ring (bicyclic) bond motifs is 2. The van der Waals surface area contributed by atoms with Gasteiger partial charge in [0, 0.05) is 18.6 Å². The number of phenolic OH excluding ortho intramolecular Hbond substituents is 1. The Labute approximate surface area is 141 Å². The van der Waals surface area contributed by atoms with Gasteiger partial charge in [-0.1, -0.05) is 12.1 Å². The fourth-order valence-corrected chi connectivity index (χ4v) is 3.03. The lowest BCUT2D eigenvalue weighted by Gasteiger charge is -2.07. The molecule has 2 aromatic carbocycles. The van der Waals surface area contributed by atoms with Gasteiger partial charge in [0.15, 0.2) is 11.5 Å². The standard InChI is InChI=1S/C18H14FN3O3/c1-25-17-12-9-22(8-10-2-4-11(19)5-3-10)18(24)13(12)16(23)14-15(17)21-7-6-20-14/h2-7,9,21,23H,8H2,1H3. The maximum absolute atomic E-state index is 13.1. The summed E-state index contributed by atoms with van der Waals surface area (Å²) < 4.78 is 20.0. The van der Waals surface area contributed by atoms with E-state index in [-0.39, 0.29) is 34.6 Å². The maximum Gasteiger partial charge on any atom is 0.262 e. The molecule has 0 aliphatic rings. The first-order valence-corrected chi connectivity index (χ1v) is 7.59. The summed E-state index contributed by atoms with van der Waals surface area (Å²) in [7, 11) is 1.49. The molecule has 0 amide bonds. The molecule has 0 fully saturated rings. The Morgan fingerprint density at radius 1 is 1.32 bits per heavy atom. The van der Waals surface area contributed by atoms with E-state index in [2.05, 4.69) is 9.97 Å². The van der Waals surface area contributed by atoms with Crippen molar-refractivity contribution in [1.29, 1.82) is 0 Å². The van der Waals surface area contributed by atoms with Crippen LogP contribution in [0, 0.1) is 5.82 Å². The molecule has 0 aliphatic carbocycles. The molecule has 2 heterocycles. The lowest BCUT2D eigenvalue weighted by Crippen LogP contribution is -2.15. The van der Waals surface area contributed by atoms with E-state index in [9.17, 15) is 14.3 Å². The molecule has 0 saturated heterocycles. The second kappa shape index (κ2) is 5.62. The van der Waals surface area contributed by atoms with Crippen molar-refractivity contribution in [2.45, 2.75) is 6.54 Å². The van der Waals surface area contributed by atoms with Crippen LogP contribution in [0.25, 0.3) is 21.8 Å². The quantitative estimate of drug-likeness (QED) is 0.601. The van der Waals surface area contributed by atoms with E-state index in [1.54, 1.807) is 24.5 Å². The molecule has 6 nitrogen and oxygen atoms in total. The maximum atomic E-state index is 13.1. The Bertz CT molecular complexity index is 1150. The van der Waals surface area contributed by atoms with Gasteiger partial charge in [0.25, 0.3) is 5.56 Å². The number of rotatable bonds is 3. The minimum absolute atomic E-state index is 0.151. The van der Waals surface area contributed by atoms with Gasteiger partial charge in [-0.15, -0.1) is 0 Å². The van der Waals surface area contributed by atoms with Gasteiger partial charge >= 0.3 is 0 Å². The summed E-state index contributed by atoms with van der Waals surface area (Å²) in [6.07, 6.45) is 4.73. The number of H-pyrrole nitrogens is 1. The van der Waals surface area contributed by atoms with Crippen LogP contribution in [0.15, 0.2) is 47.7 Å². The zero-order chi connectivity index (χ0) is 17.6. The number of aromatic hydroxyl groups is 1. The third-order valence-electron chi connectivity index (χ3n) is 4.17. The van der Waals surface area contributed by atoms with Crippen molar-refractivity contribution in [3.63, 3.8) is 0 Å². The highest BCUT2D eigenvalue weighted by Gasteiger charge is 2.21. The van der Waals surface area contributed by atoms with E-state index in [0.717, 1.165) is 5.56 Å². The van der Waals surface area contributed by atoms with Crippen molar-refractivity contribution in [3.8, 4) is 11.5 Å². The fourth-order valence-electron chi connectivity index (χ4n) is 3.03. The number of benzene rings is 2. The first kappa shape index (κ1) is 15.2. The summed E-state index contributed by atoms with van der Waals surface area (Å²) in [4.78, 5) is 19.9. The molecule has 0 aliphatic heterocycles. The molecule has 0 unspecified atom stereocenters. The van der Waals surface area contributed by atoms with Crippen LogP contribution in [-0.2, 0) is 6.54 Å². The molecule has 4 rings (SSSR count). The van der Waals surface area contributed by atoms with Gasteiger partial charge in [-0.3, -0.25) is 4.79 Å². The largest absolute Gasteiger partial charge is 0.505 e. The normalized spacial score (nSPS) is 11.3. The van der Waals surface area contributed by atoms with Gasteiger partial charge in [-0.25, -0.2) is 9.37 Å². The smallest absolute Gasteiger partial charge is 0.262 e. The van der Waals surface area contributed by atoms with E-state index in [1.807, 2.05) is 0 Å². The number of nitrogens with zero attached hydrogens (tertiary/aromatic N) is 2. The Balaban J connectivity index is 1.98. The van der Waals surface area contributed by atoms with Crippen molar-refractivity contribution in [2.24, 2.45) is 0 Å². The molecule has 4 aromatic rings. The Morgan fingerprint density at radius 3 is 2.80 bits per heavy atom. The molecule has 2 N–H and O–H groups in total. The Hall–Kier alpha value is -3.35. The van der Waals surface area contributed by atoms with Crippen molar-refractivity contribution in [3.05, 3.63) is 64.6 Å². The SMILES string of the molecule is COc1c2cn(Cc3ccc(F)cc3)c(=O)c2c(O)c2ncc[nH]c12. The number of methoxy groups -OCH3 is 1. The van der Waals surface area contributed by atoms with Gasteiger partial charge in [-0.2, -0.15) is 0 Å². The summed E-state index contributed by atoms with van der Waals surface area (Å²) in [5.74, 6) is -0.0905. The van der Waals surface area contributed by atoms with Crippen LogP contribution in [0.2, 0.25) is 0 Å². The highest BCUT2D eigenvalue weighted by molar-refractivity contribution is 6.07. The van der Waals surface area contributed by atoms with Gasteiger partial charge in [-0.05, 0) is 17.7 Å². The van der Waals surface area contributed by atoms with Crippen molar-refractivity contribution >= 4 is 21.8 Å². The van der Waals surface area contributed by atoms with Crippen LogP contribution in [-0.4, -0.2) is 26.8 Å². The van der Waals surface area contributed by atoms with Crippen LogP contribution in [0.5, 0.6) is 11.5 Å². The molecule has 2 aromatic heterocycles. The summed E-state index contributed by atoms with van der Waals surface area (Å²) >= 11 is 0. The minimum atomic E-state index is -0.359. The first-order valence-electron chi connectivity index (χ1n) is 7.59. The van der Waals surface area contributed by atoms with Gasteiger partial charge in [0.2, 0.25) is 0 Å². The fraction of sp³-hybridized carbons (Fsp3) is 0.111. The average molecular weight is 339 g/mol. The number of phenols is 1. The zero-order valence-electron chi connectivity index (χ0n) is 13.3. The summed E-state index contributed by atoms with van der Waals surface area (Å²) in [5.41, 5.74) is 1.19. The molecule has 0 atom stereocenters. The number of hydrogen-bond donors (Lipinski definition) is 2. The van der Waals surface area contributed by atoms with Gasteiger partial charge in [0.05, 0.1) is 24.4 Å². The summed E-state index contributed by atoms with van der Waals surface area (Å²) in [6, 6.07) is 5.91. The third-order valence-corrected chi connectivity index (χ3v) is 4.17. The third kappa shape index (κ3) is 2.32. The van der Waals surface area contributed by atoms with E-state index in [1.165, 1.54) is 30.0 Å². The van der Waals surface area contributed by atoms with Crippen molar-refractivity contribution in [2.75, 3.05) is 7.11 Å². The highest BCUT2D eigenvalue weighted by atomic mass is 19.1. The molecule has 0 bridgehead atoms. The van der Waals surface area contributed by atoms with Crippen LogP contribution < -0.4 is 10.3 Å². The molecule has 126 valence electrons.